The van der Waals surface area contributed by atoms with Crippen LogP contribution in [0.2, 0.25) is 0 Å². The Morgan fingerprint density at radius 3 is 2.66 bits per heavy atom. The van der Waals surface area contributed by atoms with Gasteiger partial charge in [-0.2, -0.15) is 5.26 Å². The van der Waals surface area contributed by atoms with Crippen LogP contribution in [0.4, 0.5) is 5.00 Å². The quantitative estimate of drug-likeness (QED) is 0.524. The Kier molecular flexibility index (Phi) is 6.64. The highest BCUT2D eigenvalue weighted by molar-refractivity contribution is 7.16. The molecule has 1 atom stereocenters. The van der Waals surface area contributed by atoms with E-state index in [0.717, 1.165) is 46.9 Å². The first-order valence-electron chi connectivity index (χ1n) is 10.4. The van der Waals surface area contributed by atoms with Crippen LogP contribution in [-0.4, -0.2) is 19.4 Å². The molecule has 1 heterocycles. The van der Waals surface area contributed by atoms with Gasteiger partial charge in [0.25, 0.3) is 0 Å². The third kappa shape index (κ3) is 4.82. The van der Waals surface area contributed by atoms with E-state index in [2.05, 4.69) is 26.8 Å². The number of hydrogen-bond donors (Lipinski definition) is 0. The van der Waals surface area contributed by atoms with Crippen LogP contribution in [0, 0.1) is 22.7 Å². The van der Waals surface area contributed by atoms with Gasteiger partial charge in [0.15, 0.2) is 0 Å². The van der Waals surface area contributed by atoms with E-state index in [4.69, 9.17) is 14.5 Å². The van der Waals surface area contributed by atoms with Crippen molar-refractivity contribution in [2.24, 2.45) is 16.3 Å². The monoisotopic (exact) mass is 410 g/mol. The second kappa shape index (κ2) is 9.00. The lowest BCUT2D eigenvalue weighted by atomic mass is 9.72. The molecule has 0 bridgehead atoms. The van der Waals surface area contributed by atoms with Crippen molar-refractivity contribution in [3.63, 3.8) is 0 Å². The van der Waals surface area contributed by atoms with Gasteiger partial charge < -0.3 is 9.47 Å². The predicted octanol–water partition coefficient (Wildman–Crippen LogP) is 6.32. The molecular formula is C24H30N2O2S. The zero-order valence-electron chi connectivity index (χ0n) is 18.0. The fourth-order valence-corrected chi connectivity index (χ4v) is 5.02. The summed E-state index contributed by atoms with van der Waals surface area (Å²) in [4.78, 5) is 6.04. The second-order valence-corrected chi connectivity index (χ2v) is 9.51. The van der Waals surface area contributed by atoms with Crippen LogP contribution in [0.15, 0.2) is 23.2 Å². The minimum atomic E-state index is 0.284. The van der Waals surface area contributed by atoms with E-state index in [9.17, 15) is 5.26 Å². The Balaban J connectivity index is 1.90. The molecule has 0 aliphatic heterocycles. The molecule has 0 amide bonds. The SMILES string of the molecule is CCOc1ccc(C=Nc2sc3c(c2C#N)CC[C@@H](C(C)(C)C)C3)c(OCC)c1. The van der Waals surface area contributed by atoms with Gasteiger partial charge in [0.1, 0.15) is 22.6 Å². The molecule has 0 spiro atoms. The van der Waals surface area contributed by atoms with E-state index in [0.29, 0.717) is 19.1 Å². The van der Waals surface area contributed by atoms with E-state index >= 15 is 0 Å². The first kappa shape index (κ1) is 21.4. The van der Waals surface area contributed by atoms with Crippen molar-refractivity contribution in [1.82, 2.24) is 0 Å². The highest BCUT2D eigenvalue weighted by atomic mass is 32.1. The number of thiophene rings is 1. The largest absolute Gasteiger partial charge is 0.494 e. The van der Waals surface area contributed by atoms with E-state index in [1.165, 1.54) is 10.4 Å². The number of fused-ring (bicyclic) bond motifs is 1. The average Bonchev–Trinajstić information content (AvgIpc) is 3.04. The molecule has 1 aromatic heterocycles. The van der Waals surface area contributed by atoms with Crippen LogP contribution in [0.3, 0.4) is 0 Å². The first-order valence-corrected chi connectivity index (χ1v) is 11.2. The third-order valence-corrected chi connectivity index (χ3v) is 6.66. The number of hydrogen-bond acceptors (Lipinski definition) is 5. The van der Waals surface area contributed by atoms with Crippen molar-refractivity contribution >= 4 is 22.6 Å². The minimum absolute atomic E-state index is 0.284. The zero-order valence-corrected chi connectivity index (χ0v) is 18.9. The van der Waals surface area contributed by atoms with Crippen LogP contribution in [0.1, 0.15) is 62.6 Å². The summed E-state index contributed by atoms with van der Waals surface area (Å²) in [5, 5.41) is 10.6. The summed E-state index contributed by atoms with van der Waals surface area (Å²) < 4.78 is 11.3. The van der Waals surface area contributed by atoms with Crippen molar-refractivity contribution in [1.29, 1.82) is 5.26 Å². The second-order valence-electron chi connectivity index (χ2n) is 8.43. The van der Waals surface area contributed by atoms with Crippen LogP contribution < -0.4 is 9.47 Å². The Labute approximate surface area is 178 Å². The summed E-state index contributed by atoms with van der Waals surface area (Å²) >= 11 is 1.67. The predicted molar refractivity (Wildman–Crippen MR) is 120 cm³/mol. The van der Waals surface area contributed by atoms with Gasteiger partial charge in [-0.3, -0.25) is 0 Å². The van der Waals surface area contributed by atoms with Crippen LogP contribution in [0.25, 0.3) is 0 Å². The molecule has 5 heteroatoms. The van der Waals surface area contributed by atoms with Gasteiger partial charge in [-0.15, -0.1) is 11.3 Å². The average molecular weight is 411 g/mol. The van der Waals surface area contributed by atoms with Gasteiger partial charge >= 0.3 is 0 Å². The lowest BCUT2D eigenvalue weighted by Gasteiger charge is -2.33. The third-order valence-electron chi connectivity index (χ3n) is 5.50. The van der Waals surface area contributed by atoms with E-state index < -0.39 is 0 Å². The van der Waals surface area contributed by atoms with Gasteiger partial charge in [-0.05, 0) is 62.1 Å². The molecule has 0 fully saturated rings. The molecule has 154 valence electrons. The molecule has 4 nitrogen and oxygen atoms in total. The fourth-order valence-electron chi connectivity index (χ4n) is 3.80. The Hall–Kier alpha value is -2.32. The summed E-state index contributed by atoms with van der Waals surface area (Å²) in [6.45, 7) is 12.0. The lowest BCUT2D eigenvalue weighted by Crippen LogP contribution is -2.26. The number of nitrogens with zero attached hydrogens (tertiary/aromatic N) is 2. The van der Waals surface area contributed by atoms with E-state index in [1.807, 2.05) is 32.0 Å². The molecule has 0 saturated heterocycles. The van der Waals surface area contributed by atoms with Crippen molar-refractivity contribution in [3.05, 3.63) is 39.8 Å². The molecule has 1 aliphatic rings. The molecule has 29 heavy (non-hydrogen) atoms. The Bertz CT molecular complexity index is 932. The molecule has 2 aromatic rings. The van der Waals surface area contributed by atoms with Crippen LogP contribution in [-0.2, 0) is 12.8 Å². The molecule has 1 aromatic carbocycles. The zero-order chi connectivity index (χ0) is 21.0. The summed E-state index contributed by atoms with van der Waals surface area (Å²) in [5.41, 5.74) is 3.13. The van der Waals surface area contributed by atoms with Gasteiger partial charge in [0.2, 0.25) is 0 Å². The Morgan fingerprint density at radius 1 is 1.24 bits per heavy atom. The van der Waals surface area contributed by atoms with E-state index in [-0.39, 0.29) is 5.41 Å². The lowest BCUT2D eigenvalue weighted by molar-refractivity contribution is 0.218. The number of aliphatic imine (C=N–C) groups is 1. The minimum Gasteiger partial charge on any atom is -0.494 e. The highest BCUT2D eigenvalue weighted by Gasteiger charge is 2.32. The number of benzene rings is 1. The number of nitriles is 1. The van der Waals surface area contributed by atoms with Gasteiger partial charge in [-0.1, -0.05) is 20.8 Å². The van der Waals surface area contributed by atoms with Crippen molar-refractivity contribution in [2.45, 2.75) is 53.9 Å². The fraction of sp³-hybridized carbons (Fsp3) is 0.500. The summed E-state index contributed by atoms with van der Waals surface area (Å²) in [6, 6.07) is 8.18. The standard InChI is InChI=1S/C24H30N2O2S/c1-6-27-18-10-8-16(21(13-18)28-7-2)15-26-23-20(14-25)19-11-9-17(24(3,4)5)12-22(19)29-23/h8,10,13,15,17H,6-7,9,11-12H2,1-5H3/t17-/m1/s1. The van der Waals surface area contributed by atoms with Crippen LogP contribution in [0.5, 0.6) is 11.5 Å². The molecule has 0 saturated carbocycles. The van der Waals surface area contributed by atoms with Crippen molar-refractivity contribution < 1.29 is 9.47 Å². The van der Waals surface area contributed by atoms with E-state index in [1.54, 1.807) is 17.6 Å². The molecule has 0 radical (unpaired) electrons. The maximum absolute atomic E-state index is 9.76. The summed E-state index contributed by atoms with van der Waals surface area (Å²) in [6.07, 6.45) is 4.96. The molecular weight excluding hydrogens is 380 g/mol. The summed E-state index contributed by atoms with van der Waals surface area (Å²) in [5.74, 6) is 2.17. The maximum atomic E-state index is 9.76. The molecule has 0 unspecified atom stereocenters. The smallest absolute Gasteiger partial charge is 0.134 e. The van der Waals surface area contributed by atoms with Gasteiger partial charge in [-0.25, -0.2) is 4.99 Å². The molecule has 3 rings (SSSR count). The maximum Gasteiger partial charge on any atom is 0.134 e. The molecule has 1 aliphatic carbocycles. The normalized spacial score (nSPS) is 16.5. The van der Waals surface area contributed by atoms with Gasteiger partial charge in [0.05, 0.1) is 18.8 Å². The number of rotatable bonds is 6. The first-order chi connectivity index (χ1) is 13.9. The van der Waals surface area contributed by atoms with Crippen LogP contribution >= 0.6 is 11.3 Å². The summed E-state index contributed by atoms with van der Waals surface area (Å²) in [7, 11) is 0. The topological polar surface area (TPSA) is 54.6 Å². The highest BCUT2D eigenvalue weighted by Crippen LogP contribution is 2.45. The van der Waals surface area contributed by atoms with Gasteiger partial charge in [0, 0.05) is 22.7 Å². The Morgan fingerprint density at radius 2 is 2.00 bits per heavy atom. The van der Waals surface area contributed by atoms with Crippen molar-refractivity contribution in [3.8, 4) is 17.6 Å². The van der Waals surface area contributed by atoms with Crippen molar-refractivity contribution in [2.75, 3.05) is 13.2 Å². The number of ether oxygens (including phenoxy) is 2. The molecule has 0 N–H and O–H groups in total.